The quantitative estimate of drug-likeness (QED) is 0.644. The zero-order valence-corrected chi connectivity index (χ0v) is 12.8. The van der Waals surface area contributed by atoms with E-state index in [9.17, 15) is 14.9 Å². The molecular formula is C12H17Cl2N3O3. The lowest BCUT2D eigenvalue weighted by atomic mass is 10.2. The molecule has 1 amide bonds. The van der Waals surface area contributed by atoms with Gasteiger partial charge in [-0.05, 0) is 18.7 Å². The molecule has 1 rings (SSSR count). The SMILES string of the molecule is CNCCC(=O)N(C)Cc1cc([N+](=O)[O-])ccc1Cl.Cl. The fourth-order valence-corrected chi connectivity index (χ4v) is 1.74. The number of nitrogens with zero attached hydrogens (tertiary/aromatic N) is 2. The van der Waals surface area contributed by atoms with Crippen molar-refractivity contribution in [2.45, 2.75) is 13.0 Å². The molecule has 1 aromatic carbocycles. The molecule has 6 nitrogen and oxygen atoms in total. The summed E-state index contributed by atoms with van der Waals surface area (Å²) >= 11 is 5.98. The lowest BCUT2D eigenvalue weighted by Gasteiger charge is -2.17. The summed E-state index contributed by atoms with van der Waals surface area (Å²) in [6.07, 6.45) is 0.375. The molecule has 0 bridgehead atoms. The van der Waals surface area contributed by atoms with Crippen LogP contribution in [0.5, 0.6) is 0 Å². The third-order valence-electron chi connectivity index (χ3n) is 2.66. The van der Waals surface area contributed by atoms with Crippen LogP contribution in [-0.4, -0.2) is 36.4 Å². The van der Waals surface area contributed by atoms with Crippen LogP contribution in [0.1, 0.15) is 12.0 Å². The molecule has 0 aliphatic heterocycles. The molecule has 0 atom stereocenters. The highest BCUT2D eigenvalue weighted by atomic mass is 35.5. The molecule has 0 saturated carbocycles. The van der Waals surface area contributed by atoms with E-state index in [1.165, 1.54) is 23.1 Å². The predicted molar refractivity (Wildman–Crippen MR) is 80.4 cm³/mol. The molecule has 20 heavy (non-hydrogen) atoms. The number of hydrogen-bond acceptors (Lipinski definition) is 4. The van der Waals surface area contributed by atoms with E-state index in [4.69, 9.17) is 11.6 Å². The molecule has 0 aliphatic rings. The first-order valence-electron chi connectivity index (χ1n) is 5.77. The smallest absolute Gasteiger partial charge is 0.269 e. The van der Waals surface area contributed by atoms with Crippen LogP contribution >= 0.6 is 24.0 Å². The second-order valence-corrected chi connectivity index (χ2v) is 4.54. The van der Waals surface area contributed by atoms with Crippen LogP contribution < -0.4 is 5.32 Å². The molecule has 0 fully saturated rings. The van der Waals surface area contributed by atoms with Crippen LogP contribution in [0, 0.1) is 10.1 Å². The van der Waals surface area contributed by atoms with Gasteiger partial charge in [-0.3, -0.25) is 14.9 Å². The van der Waals surface area contributed by atoms with Crippen molar-refractivity contribution in [3.8, 4) is 0 Å². The Hall–Kier alpha value is -1.37. The van der Waals surface area contributed by atoms with E-state index in [0.29, 0.717) is 23.6 Å². The molecule has 0 radical (unpaired) electrons. The maximum absolute atomic E-state index is 11.7. The van der Waals surface area contributed by atoms with Crippen LogP contribution in [0.4, 0.5) is 5.69 Å². The molecule has 1 N–H and O–H groups in total. The van der Waals surface area contributed by atoms with Crippen LogP contribution in [0.15, 0.2) is 18.2 Å². The van der Waals surface area contributed by atoms with Crippen molar-refractivity contribution in [2.24, 2.45) is 0 Å². The summed E-state index contributed by atoms with van der Waals surface area (Å²) in [6, 6.07) is 4.21. The second-order valence-electron chi connectivity index (χ2n) is 4.14. The van der Waals surface area contributed by atoms with Crippen molar-refractivity contribution < 1.29 is 9.72 Å². The van der Waals surface area contributed by atoms with E-state index >= 15 is 0 Å². The zero-order valence-electron chi connectivity index (χ0n) is 11.3. The van der Waals surface area contributed by atoms with E-state index in [2.05, 4.69) is 5.32 Å². The number of amides is 1. The Morgan fingerprint density at radius 2 is 2.15 bits per heavy atom. The highest BCUT2D eigenvalue weighted by Crippen LogP contribution is 2.23. The van der Waals surface area contributed by atoms with E-state index in [0.717, 1.165) is 0 Å². The minimum Gasteiger partial charge on any atom is -0.341 e. The highest BCUT2D eigenvalue weighted by Gasteiger charge is 2.14. The number of halogens is 2. The van der Waals surface area contributed by atoms with Gasteiger partial charge in [0, 0.05) is 43.7 Å². The summed E-state index contributed by atoms with van der Waals surface area (Å²) < 4.78 is 0. The molecule has 0 saturated heterocycles. The van der Waals surface area contributed by atoms with Gasteiger partial charge < -0.3 is 10.2 Å². The zero-order chi connectivity index (χ0) is 14.4. The Balaban J connectivity index is 0.00000361. The number of non-ortho nitro benzene ring substituents is 1. The minimum atomic E-state index is -0.483. The van der Waals surface area contributed by atoms with Gasteiger partial charge in [-0.2, -0.15) is 0 Å². The van der Waals surface area contributed by atoms with Gasteiger partial charge in [0.1, 0.15) is 0 Å². The number of rotatable bonds is 6. The summed E-state index contributed by atoms with van der Waals surface area (Å²) in [6.45, 7) is 0.842. The molecule has 1 aromatic rings. The van der Waals surface area contributed by atoms with Crippen molar-refractivity contribution in [3.63, 3.8) is 0 Å². The summed E-state index contributed by atoms with van der Waals surface area (Å²) in [5.74, 6) is -0.0445. The number of hydrogen-bond donors (Lipinski definition) is 1. The fourth-order valence-electron chi connectivity index (χ4n) is 1.56. The van der Waals surface area contributed by atoms with E-state index in [1.54, 1.807) is 14.1 Å². The average Bonchev–Trinajstić information content (AvgIpc) is 2.38. The molecule has 0 heterocycles. The molecule has 0 unspecified atom stereocenters. The maximum atomic E-state index is 11.7. The standard InChI is InChI=1S/C12H16ClN3O3.ClH/c1-14-6-5-12(17)15(2)8-9-7-10(16(18)19)3-4-11(9)13;/h3-4,7,14H,5-6,8H2,1-2H3;1H. The van der Waals surface area contributed by atoms with Gasteiger partial charge in [-0.15, -0.1) is 12.4 Å². The number of nitro groups is 1. The molecular weight excluding hydrogens is 305 g/mol. The fraction of sp³-hybridized carbons (Fsp3) is 0.417. The highest BCUT2D eigenvalue weighted by molar-refractivity contribution is 6.31. The Kier molecular flexibility index (Phi) is 8.13. The summed E-state index contributed by atoms with van der Waals surface area (Å²) in [4.78, 5) is 23.5. The van der Waals surface area contributed by atoms with Crippen molar-refractivity contribution >= 4 is 35.6 Å². The van der Waals surface area contributed by atoms with Crippen molar-refractivity contribution in [2.75, 3.05) is 20.6 Å². The van der Waals surface area contributed by atoms with Gasteiger partial charge in [-0.1, -0.05) is 11.6 Å². The van der Waals surface area contributed by atoms with E-state index in [1.807, 2.05) is 0 Å². The molecule has 8 heteroatoms. The van der Waals surface area contributed by atoms with E-state index in [-0.39, 0.29) is 30.5 Å². The van der Waals surface area contributed by atoms with Crippen LogP contribution in [-0.2, 0) is 11.3 Å². The summed E-state index contributed by atoms with van der Waals surface area (Å²) in [5.41, 5.74) is 0.534. The lowest BCUT2D eigenvalue weighted by Crippen LogP contribution is -2.28. The summed E-state index contributed by atoms with van der Waals surface area (Å²) in [7, 11) is 3.41. The van der Waals surface area contributed by atoms with Gasteiger partial charge in [0.25, 0.3) is 5.69 Å². The molecule has 0 aliphatic carbocycles. The Bertz CT molecular complexity index is 483. The first kappa shape index (κ1) is 18.6. The predicted octanol–water partition coefficient (Wildman–Crippen LogP) is 2.24. The molecule has 112 valence electrons. The average molecular weight is 322 g/mol. The molecule has 0 spiro atoms. The van der Waals surface area contributed by atoms with Gasteiger partial charge in [0.05, 0.1) is 4.92 Å². The van der Waals surface area contributed by atoms with Crippen LogP contribution in [0.25, 0.3) is 0 Å². The Labute approximate surface area is 128 Å². The van der Waals surface area contributed by atoms with Crippen molar-refractivity contribution in [1.29, 1.82) is 0 Å². The first-order valence-corrected chi connectivity index (χ1v) is 6.15. The maximum Gasteiger partial charge on any atom is 0.269 e. The second kappa shape index (κ2) is 8.73. The number of carbonyl (C=O) groups is 1. The van der Waals surface area contributed by atoms with Gasteiger partial charge in [0.2, 0.25) is 5.91 Å². The third-order valence-corrected chi connectivity index (χ3v) is 3.03. The summed E-state index contributed by atoms with van der Waals surface area (Å²) in [5, 5.41) is 14.0. The Morgan fingerprint density at radius 1 is 1.50 bits per heavy atom. The van der Waals surface area contributed by atoms with Gasteiger partial charge in [-0.25, -0.2) is 0 Å². The van der Waals surface area contributed by atoms with Gasteiger partial charge >= 0.3 is 0 Å². The normalized spacial score (nSPS) is 9.75. The largest absolute Gasteiger partial charge is 0.341 e. The first-order chi connectivity index (χ1) is 8.95. The topological polar surface area (TPSA) is 75.5 Å². The van der Waals surface area contributed by atoms with Crippen molar-refractivity contribution in [3.05, 3.63) is 38.9 Å². The Morgan fingerprint density at radius 3 is 2.70 bits per heavy atom. The van der Waals surface area contributed by atoms with Gasteiger partial charge in [0.15, 0.2) is 0 Å². The monoisotopic (exact) mass is 321 g/mol. The van der Waals surface area contributed by atoms with Crippen LogP contribution in [0.3, 0.4) is 0 Å². The minimum absolute atomic E-state index is 0. The van der Waals surface area contributed by atoms with E-state index < -0.39 is 4.92 Å². The number of carbonyl (C=O) groups excluding carboxylic acids is 1. The number of nitro benzene ring substituents is 1. The third kappa shape index (κ3) is 5.32. The number of benzene rings is 1. The lowest BCUT2D eigenvalue weighted by molar-refractivity contribution is -0.384. The number of nitrogens with one attached hydrogen (secondary N) is 1. The van der Waals surface area contributed by atoms with Crippen molar-refractivity contribution in [1.82, 2.24) is 10.2 Å². The molecule has 0 aromatic heterocycles. The van der Waals surface area contributed by atoms with Crippen LogP contribution in [0.2, 0.25) is 5.02 Å².